The van der Waals surface area contributed by atoms with Crippen LogP contribution in [0.25, 0.3) is 0 Å². The Kier molecular flexibility index (Phi) is 4.94. The molecule has 0 spiro atoms. The Morgan fingerprint density at radius 1 is 1.37 bits per heavy atom. The number of hydrogen-bond acceptors (Lipinski definition) is 4. The molecule has 5 heteroatoms. The van der Waals surface area contributed by atoms with Gasteiger partial charge in [-0.05, 0) is 50.3 Å². The van der Waals surface area contributed by atoms with Crippen molar-refractivity contribution in [3.8, 4) is 5.75 Å². The van der Waals surface area contributed by atoms with Gasteiger partial charge >= 0.3 is 0 Å². The zero-order valence-electron chi connectivity index (χ0n) is 16.2. The fraction of sp³-hybridized carbons (Fsp3) is 0.545. The lowest BCUT2D eigenvalue weighted by atomic mass is 9.79. The number of carbonyl (C=O) groups is 1. The molecule has 1 saturated carbocycles. The first-order valence-electron chi connectivity index (χ1n) is 9.94. The summed E-state index contributed by atoms with van der Waals surface area (Å²) in [6, 6.07) is 8.00. The maximum absolute atomic E-state index is 12.7. The van der Waals surface area contributed by atoms with Crippen molar-refractivity contribution in [1.82, 2.24) is 9.88 Å². The lowest BCUT2D eigenvalue weighted by Crippen LogP contribution is -2.50. The van der Waals surface area contributed by atoms with Crippen LogP contribution in [0.1, 0.15) is 56.2 Å². The van der Waals surface area contributed by atoms with E-state index >= 15 is 0 Å². The summed E-state index contributed by atoms with van der Waals surface area (Å²) in [7, 11) is 1.67. The zero-order chi connectivity index (χ0) is 18.9. The van der Waals surface area contributed by atoms with E-state index in [1.54, 1.807) is 7.11 Å². The van der Waals surface area contributed by atoms with E-state index in [0.717, 1.165) is 55.2 Å². The normalized spacial score (nSPS) is 23.1. The highest BCUT2D eigenvalue weighted by molar-refractivity contribution is 5.79. The number of likely N-dealkylation sites (tertiary alicyclic amines) is 1. The molecule has 144 valence electrons. The zero-order valence-corrected chi connectivity index (χ0v) is 16.2. The molecular formula is C22H28N2O3. The predicted molar refractivity (Wildman–Crippen MR) is 103 cm³/mol. The van der Waals surface area contributed by atoms with Gasteiger partial charge in [-0.3, -0.25) is 4.79 Å². The van der Waals surface area contributed by atoms with Crippen LogP contribution in [0, 0.1) is 5.92 Å². The molecular weight excluding hydrogens is 340 g/mol. The fourth-order valence-electron chi connectivity index (χ4n) is 4.17. The summed E-state index contributed by atoms with van der Waals surface area (Å²) in [5, 5.41) is 0. The van der Waals surface area contributed by atoms with Gasteiger partial charge in [-0.2, -0.15) is 0 Å². The Balaban J connectivity index is 1.46. The molecule has 1 amide bonds. The number of nitrogens with zero attached hydrogens (tertiary/aromatic N) is 2. The first-order valence-corrected chi connectivity index (χ1v) is 9.94. The lowest BCUT2D eigenvalue weighted by molar-refractivity contribution is -0.140. The van der Waals surface area contributed by atoms with Crippen LogP contribution in [-0.2, 0) is 16.6 Å². The average molecular weight is 368 g/mol. The van der Waals surface area contributed by atoms with Crippen LogP contribution in [0.3, 0.4) is 0 Å². The number of methoxy groups -OCH3 is 1. The second-order valence-corrected chi connectivity index (χ2v) is 8.21. The first kappa shape index (κ1) is 18.1. The van der Waals surface area contributed by atoms with Crippen LogP contribution in [0.15, 0.2) is 34.9 Å². The van der Waals surface area contributed by atoms with Crippen molar-refractivity contribution >= 4 is 5.91 Å². The molecule has 1 atom stereocenters. The van der Waals surface area contributed by atoms with Crippen molar-refractivity contribution in [3.63, 3.8) is 0 Å². The number of hydrogen-bond donors (Lipinski definition) is 0. The van der Waals surface area contributed by atoms with Gasteiger partial charge in [-0.25, -0.2) is 4.98 Å². The van der Waals surface area contributed by atoms with Gasteiger partial charge in [-0.15, -0.1) is 0 Å². The molecule has 1 aromatic carbocycles. The Morgan fingerprint density at radius 3 is 2.96 bits per heavy atom. The number of benzene rings is 1. The summed E-state index contributed by atoms with van der Waals surface area (Å²) in [5.74, 6) is 3.03. The van der Waals surface area contributed by atoms with Crippen molar-refractivity contribution in [3.05, 3.63) is 47.7 Å². The first-order chi connectivity index (χ1) is 13.1. The number of oxazole rings is 1. The van der Waals surface area contributed by atoms with E-state index in [2.05, 4.69) is 18.0 Å². The fourth-order valence-corrected chi connectivity index (χ4v) is 4.17. The molecule has 0 radical (unpaired) electrons. The van der Waals surface area contributed by atoms with E-state index in [1.165, 1.54) is 6.42 Å². The largest absolute Gasteiger partial charge is 0.497 e. The van der Waals surface area contributed by atoms with Gasteiger partial charge in [0, 0.05) is 25.4 Å². The number of rotatable bonds is 5. The SMILES string of the molecule is COc1cccc(Cc2cnc(C3(C)CCCN(C(=O)C4CCC4)C3)o2)c1. The van der Waals surface area contributed by atoms with Gasteiger partial charge in [0.25, 0.3) is 0 Å². The smallest absolute Gasteiger partial charge is 0.225 e. The van der Waals surface area contributed by atoms with Gasteiger partial charge < -0.3 is 14.1 Å². The number of carbonyl (C=O) groups excluding carboxylic acids is 1. The molecule has 2 aromatic rings. The number of amides is 1. The predicted octanol–water partition coefficient (Wildman–Crippen LogP) is 3.95. The van der Waals surface area contributed by atoms with Gasteiger partial charge in [-0.1, -0.05) is 18.6 Å². The Labute approximate surface area is 160 Å². The van der Waals surface area contributed by atoms with E-state index in [0.29, 0.717) is 18.9 Å². The van der Waals surface area contributed by atoms with E-state index < -0.39 is 0 Å². The second-order valence-electron chi connectivity index (χ2n) is 8.21. The van der Waals surface area contributed by atoms with Crippen molar-refractivity contribution in [2.45, 2.75) is 50.9 Å². The van der Waals surface area contributed by atoms with Crippen LogP contribution in [-0.4, -0.2) is 36.0 Å². The molecule has 2 heterocycles. The van der Waals surface area contributed by atoms with Gasteiger partial charge in [0.15, 0.2) is 0 Å². The quantitative estimate of drug-likeness (QED) is 0.802. The summed E-state index contributed by atoms with van der Waals surface area (Å²) in [4.78, 5) is 19.3. The summed E-state index contributed by atoms with van der Waals surface area (Å²) >= 11 is 0. The second kappa shape index (κ2) is 7.37. The van der Waals surface area contributed by atoms with Crippen LogP contribution in [0.5, 0.6) is 5.75 Å². The van der Waals surface area contributed by atoms with Crippen molar-refractivity contribution < 1.29 is 13.9 Å². The molecule has 0 N–H and O–H groups in total. The molecule has 0 bridgehead atoms. The van der Waals surface area contributed by atoms with E-state index in [1.807, 2.05) is 29.3 Å². The van der Waals surface area contributed by atoms with Crippen molar-refractivity contribution in [2.24, 2.45) is 5.92 Å². The monoisotopic (exact) mass is 368 g/mol. The highest BCUT2D eigenvalue weighted by Crippen LogP contribution is 2.36. The van der Waals surface area contributed by atoms with Crippen LogP contribution in [0.2, 0.25) is 0 Å². The van der Waals surface area contributed by atoms with Gasteiger partial charge in [0.1, 0.15) is 11.5 Å². The third-order valence-corrected chi connectivity index (χ3v) is 6.04. The summed E-state index contributed by atoms with van der Waals surface area (Å²) in [5.41, 5.74) is 0.928. The Morgan fingerprint density at radius 2 is 2.22 bits per heavy atom. The maximum Gasteiger partial charge on any atom is 0.225 e. The lowest BCUT2D eigenvalue weighted by Gasteiger charge is -2.41. The molecule has 5 nitrogen and oxygen atoms in total. The number of ether oxygens (including phenoxy) is 1. The molecule has 27 heavy (non-hydrogen) atoms. The minimum Gasteiger partial charge on any atom is -0.497 e. The Bertz CT molecular complexity index is 811. The van der Waals surface area contributed by atoms with Gasteiger partial charge in [0.05, 0.1) is 18.7 Å². The Hall–Kier alpha value is -2.30. The third kappa shape index (κ3) is 3.73. The summed E-state index contributed by atoms with van der Waals surface area (Å²) in [6.45, 7) is 3.75. The molecule has 1 unspecified atom stereocenters. The molecule has 2 aliphatic rings. The molecule has 1 aliphatic heterocycles. The highest BCUT2D eigenvalue weighted by atomic mass is 16.5. The van der Waals surface area contributed by atoms with E-state index in [9.17, 15) is 4.79 Å². The van der Waals surface area contributed by atoms with Crippen LogP contribution in [0.4, 0.5) is 0 Å². The van der Waals surface area contributed by atoms with Crippen LogP contribution >= 0.6 is 0 Å². The topological polar surface area (TPSA) is 55.6 Å². The molecule has 1 aliphatic carbocycles. The highest BCUT2D eigenvalue weighted by Gasteiger charge is 2.40. The average Bonchev–Trinajstić information content (AvgIpc) is 3.10. The third-order valence-electron chi connectivity index (χ3n) is 6.04. The summed E-state index contributed by atoms with van der Waals surface area (Å²) in [6.07, 6.45) is 7.81. The number of aromatic nitrogens is 1. The molecule has 1 saturated heterocycles. The van der Waals surface area contributed by atoms with E-state index in [4.69, 9.17) is 9.15 Å². The molecule has 4 rings (SSSR count). The molecule has 1 aromatic heterocycles. The standard InChI is InChI=1S/C22H28N2O3/c1-22(10-5-11-24(15-22)20(25)17-7-4-8-17)21-23-14-19(27-21)13-16-6-3-9-18(12-16)26-2/h3,6,9,12,14,17H,4-5,7-8,10-11,13,15H2,1-2H3. The van der Waals surface area contributed by atoms with Crippen LogP contribution < -0.4 is 4.74 Å². The summed E-state index contributed by atoms with van der Waals surface area (Å²) < 4.78 is 11.4. The van der Waals surface area contributed by atoms with Crippen molar-refractivity contribution in [1.29, 1.82) is 0 Å². The number of piperidine rings is 1. The van der Waals surface area contributed by atoms with E-state index in [-0.39, 0.29) is 11.3 Å². The maximum atomic E-state index is 12.7. The minimum atomic E-state index is -0.204. The van der Waals surface area contributed by atoms with Crippen molar-refractivity contribution in [2.75, 3.05) is 20.2 Å². The molecule has 2 fully saturated rings. The minimum absolute atomic E-state index is 0.204. The van der Waals surface area contributed by atoms with Gasteiger partial charge in [0.2, 0.25) is 11.8 Å².